The molecule has 0 saturated carbocycles. The van der Waals surface area contributed by atoms with Gasteiger partial charge >= 0.3 is 5.88 Å². The number of fused-ring (bicyclic) bond motifs is 1. The minimum absolute atomic E-state index is 0.263. The smallest absolute Gasteiger partial charge is 0.383 e. The van der Waals surface area contributed by atoms with Gasteiger partial charge in [0.1, 0.15) is 17.2 Å². The second kappa shape index (κ2) is 7.64. The molecule has 0 bridgehead atoms. The fourth-order valence-corrected chi connectivity index (χ4v) is 3.53. The summed E-state index contributed by atoms with van der Waals surface area (Å²) in [6.07, 6.45) is 1.64. The number of aliphatic imine (C=N–C) groups is 1. The van der Waals surface area contributed by atoms with E-state index < -0.39 is 0 Å². The number of aromatic nitrogens is 2. The topological polar surface area (TPSA) is 68.3 Å². The highest BCUT2D eigenvalue weighted by atomic mass is 16.5. The Morgan fingerprint density at radius 2 is 1.76 bits per heavy atom. The molecule has 0 radical (unpaired) electrons. The number of para-hydroxylation sites is 1. The highest BCUT2D eigenvalue weighted by Crippen LogP contribution is 2.43. The molecule has 0 saturated heterocycles. The van der Waals surface area contributed by atoms with E-state index in [0.29, 0.717) is 17.3 Å². The van der Waals surface area contributed by atoms with E-state index in [9.17, 15) is 5.26 Å². The van der Waals surface area contributed by atoms with Gasteiger partial charge in [0.25, 0.3) is 0 Å². The van der Waals surface area contributed by atoms with E-state index in [1.165, 1.54) is 0 Å². The summed E-state index contributed by atoms with van der Waals surface area (Å²) in [5.41, 5.74) is 4.35. The molecule has 0 spiro atoms. The number of nitrogens with one attached hydrogen (secondary N) is 1. The van der Waals surface area contributed by atoms with E-state index >= 15 is 0 Å². The number of aromatic amines is 1. The first-order chi connectivity index (χ1) is 14.1. The summed E-state index contributed by atoms with van der Waals surface area (Å²) in [7, 11) is 3.76. The molecular weight excluding hydrogens is 362 g/mol. The third-order valence-corrected chi connectivity index (χ3v) is 4.79. The van der Waals surface area contributed by atoms with Crippen molar-refractivity contribution in [3.8, 4) is 17.6 Å². The highest BCUT2D eigenvalue weighted by Gasteiger charge is 2.41. The molecule has 144 valence electrons. The van der Waals surface area contributed by atoms with Gasteiger partial charge in [0.05, 0.1) is 18.0 Å². The van der Waals surface area contributed by atoms with Crippen LogP contribution in [0.1, 0.15) is 22.7 Å². The third-order valence-electron chi connectivity index (χ3n) is 4.79. The zero-order valence-corrected chi connectivity index (χ0v) is 16.6. The fraction of sp³-hybridized carbons (Fsp3) is 0.174. The van der Waals surface area contributed by atoms with Crippen LogP contribution in [0.15, 0.2) is 77.1 Å². The standard InChI is InChI=1S/C23H21N5O/c1-16-20-21(17-10-6-4-7-11-17)19(14-24)22(25-15-27(2)3)29-23(20)28(26-16)18-12-8-5-9-13-18/h4-13,15,21H,1-3H3/p+1/b25-15+/t21-/m1/s1. The van der Waals surface area contributed by atoms with Gasteiger partial charge in [-0.1, -0.05) is 48.5 Å². The normalized spacial score (nSPS) is 15.7. The summed E-state index contributed by atoms with van der Waals surface area (Å²) in [6, 6.07) is 22.3. The summed E-state index contributed by atoms with van der Waals surface area (Å²) in [5.74, 6) is 0.694. The maximum Gasteiger partial charge on any atom is 0.410 e. The van der Waals surface area contributed by atoms with Crippen LogP contribution in [0.25, 0.3) is 5.69 Å². The minimum atomic E-state index is -0.263. The Bertz CT molecular complexity index is 1120. The van der Waals surface area contributed by atoms with Crippen molar-refractivity contribution < 1.29 is 9.42 Å². The molecule has 0 unspecified atom stereocenters. The van der Waals surface area contributed by atoms with E-state index in [2.05, 4.69) is 16.2 Å². The van der Waals surface area contributed by atoms with Gasteiger partial charge in [0.15, 0.2) is 0 Å². The van der Waals surface area contributed by atoms with E-state index in [1.54, 1.807) is 6.34 Å². The number of hydrogen-bond donors (Lipinski definition) is 1. The van der Waals surface area contributed by atoms with E-state index in [1.807, 2.05) is 91.3 Å². The summed E-state index contributed by atoms with van der Waals surface area (Å²) in [5, 5.41) is 13.4. The van der Waals surface area contributed by atoms with Crippen molar-refractivity contribution >= 4 is 6.34 Å². The van der Waals surface area contributed by atoms with Crippen molar-refractivity contribution in [3.05, 3.63) is 88.9 Å². The zero-order valence-electron chi connectivity index (χ0n) is 16.6. The SMILES string of the molecule is Cc1[nH][n+](-c2ccccc2)c2c1[C@H](c1ccccc1)C(C#N)=C(/N=C/N(C)C)O2. The molecule has 0 fully saturated rings. The maximum absolute atomic E-state index is 10.0. The molecule has 4 rings (SSSR count). The number of H-pyrrole nitrogens is 1. The molecule has 1 aliphatic heterocycles. The van der Waals surface area contributed by atoms with E-state index in [0.717, 1.165) is 22.5 Å². The molecule has 1 aromatic heterocycles. The lowest BCUT2D eigenvalue weighted by atomic mass is 9.84. The molecule has 6 heteroatoms. The van der Waals surface area contributed by atoms with Crippen LogP contribution in [0.2, 0.25) is 0 Å². The van der Waals surface area contributed by atoms with Crippen LogP contribution in [-0.2, 0) is 0 Å². The quantitative estimate of drug-likeness (QED) is 0.426. The van der Waals surface area contributed by atoms with Crippen LogP contribution in [0.5, 0.6) is 5.88 Å². The van der Waals surface area contributed by atoms with Crippen LogP contribution < -0.4 is 9.42 Å². The molecule has 0 aliphatic carbocycles. The molecule has 0 amide bonds. The number of nitriles is 1. The summed E-state index contributed by atoms with van der Waals surface area (Å²) >= 11 is 0. The zero-order chi connectivity index (χ0) is 20.4. The molecule has 1 N–H and O–H groups in total. The van der Waals surface area contributed by atoms with Crippen molar-refractivity contribution in [1.29, 1.82) is 5.26 Å². The molecule has 29 heavy (non-hydrogen) atoms. The van der Waals surface area contributed by atoms with Gasteiger partial charge in [-0.05, 0) is 17.2 Å². The number of aryl methyl sites for hydroxylation is 1. The number of rotatable bonds is 4. The Morgan fingerprint density at radius 3 is 2.38 bits per heavy atom. The van der Waals surface area contributed by atoms with Crippen LogP contribution >= 0.6 is 0 Å². The number of hydrogen-bond acceptors (Lipinski definition) is 3. The average Bonchev–Trinajstić information content (AvgIpc) is 3.08. The number of benzene rings is 2. The lowest BCUT2D eigenvalue weighted by molar-refractivity contribution is -0.661. The lowest BCUT2D eigenvalue weighted by Crippen LogP contribution is -2.35. The van der Waals surface area contributed by atoms with Crippen molar-refractivity contribution in [1.82, 2.24) is 10.00 Å². The van der Waals surface area contributed by atoms with Crippen LogP contribution in [0.4, 0.5) is 0 Å². The summed E-state index contributed by atoms with van der Waals surface area (Å²) in [4.78, 5) is 6.27. The maximum atomic E-state index is 10.0. The van der Waals surface area contributed by atoms with Crippen molar-refractivity contribution in [2.24, 2.45) is 4.99 Å². The van der Waals surface area contributed by atoms with E-state index in [4.69, 9.17) is 4.74 Å². The first-order valence-corrected chi connectivity index (χ1v) is 9.37. The van der Waals surface area contributed by atoms with Crippen LogP contribution in [0.3, 0.4) is 0 Å². The number of ether oxygens (including phenoxy) is 1. The minimum Gasteiger partial charge on any atom is -0.383 e. The van der Waals surface area contributed by atoms with E-state index in [-0.39, 0.29) is 5.92 Å². The third kappa shape index (κ3) is 3.39. The molecule has 6 nitrogen and oxygen atoms in total. The average molecular weight is 384 g/mol. The lowest BCUT2D eigenvalue weighted by Gasteiger charge is -2.21. The highest BCUT2D eigenvalue weighted by molar-refractivity contribution is 5.59. The Morgan fingerprint density at radius 1 is 1.10 bits per heavy atom. The predicted octanol–water partition coefficient (Wildman–Crippen LogP) is 3.45. The summed E-state index contributed by atoms with van der Waals surface area (Å²) in [6.45, 7) is 2.00. The van der Waals surface area contributed by atoms with Gasteiger partial charge in [-0.15, -0.1) is 0 Å². The van der Waals surface area contributed by atoms with Crippen molar-refractivity contribution in [2.75, 3.05) is 14.1 Å². The Kier molecular flexibility index (Phi) is 4.88. The molecule has 2 heterocycles. The Labute approximate surface area is 170 Å². The first kappa shape index (κ1) is 18.5. The van der Waals surface area contributed by atoms with Crippen molar-refractivity contribution in [3.63, 3.8) is 0 Å². The second-order valence-electron chi connectivity index (χ2n) is 7.11. The van der Waals surface area contributed by atoms with Gasteiger partial charge in [-0.3, -0.25) is 0 Å². The van der Waals surface area contributed by atoms with Crippen LogP contribution in [0, 0.1) is 18.3 Å². The summed E-state index contributed by atoms with van der Waals surface area (Å²) < 4.78 is 8.11. The first-order valence-electron chi connectivity index (χ1n) is 9.37. The Hall–Kier alpha value is -3.85. The molecular formula is C23H22N5O+. The monoisotopic (exact) mass is 384 g/mol. The predicted molar refractivity (Wildman–Crippen MR) is 111 cm³/mol. The van der Waals surface area contributed by atoms with Gasteiger partial charge < -0.3 is 9.64 Å². The molecule has 3 aromatic rings. The number of allylic oxidation sites excluding steroid dienone is 1. The second-order valence-corrected chi connectivity index (χ2v) is 7.11. The molecule has 2 aromatic carbocycles. The Balaban J connectivity index is 1.96. The molecule has 1 aliphatic rings. The van der Waals surface area contributed by atoms with Gasteiger partial charge in [-0.25, -0.2) is 4.99 Å². The van der Waals surface area contributed by atoms with Gasteiger partial charge in [-0.2, -0.15) is 10.4 Å². The van der Waals surface area contributed by atoms with Gasteiger partial charge in [0.2, 0.25) is 11.6 Å². The largest absolute Gasteiger partial charge is 0.410 e. The van der Waals surface area contributed by atoms with Gasteiger partial charge in [0, 0.05) is 26.2 Å². The molecule has 1 atom stereocenters. The number of nitrogens with zero attached hydrogens (tertiary/aromatic N) is 4. The van der Waals surface area contributed by atoms with Crippen LogP contribution in [-0.4, -0.2) is 30.4 Å². The van der Waals surface area contributed by atoms with Crippen molar-refractivity contribution in [2.45, 2.75) is 12.8 Å². The fourth-order valence-electron chi connectivity index (χ4n) is 3.53.